The van der Waals surface area contributed by atoms with Crippen molar-refractivity contribution in [2.24, 2.45) is 0 Å². The van der Waals surface area contributed by atoms with Gasteiger partial charge in [-0.2, -0.15) is 0 Å². The van der Waals surface area contributed by atoms with Crippen LogP contribution in [0.5, 0.6) is 0 Å². The van der Waals surface area contributed by atoms with Crippen molar-refractivity contribution in [3.05, 3.63) is 36.4 Å². The lowest BCUT2D eigenvalue weighted by atomic mass is 10.3. The van der Waals surface area contributed by atoms with Crippen molar-refractivity contribution in [3.8, 4) is 0 Å². The van der Waals surface area contributed by atoms with Crippen molar-refractivity contribution >= 4 is 29.3 Å². The number of hydrogen-bond acceptors (Lipinski definition) is 5. The van der Waals surface area contributed by atoms with Crippen LogP contribution in [0, 0.1) is 5.82 Å². The van der Waals surface area contributed by atoms with Gasteiger partial charge >= 0.3 is 0 Å². The molecule has 7 nitrogen and oxygen atoms in total. The smallest absolute Gasteiger partial charge is 0.243 e. The molecule has 0 saturated heterocycles. The summed E-state index contributed by atoms with van der Waals surface area (Å²) in [5.41, 5.74) is 0.478. The molecule has 1 heterocycles. The minimum Gasteiger partial charge on any atom is -0.336 e. The van der Waals surface area contributed by atoms with E-state index in [1.165, 1.54) is 40.9 Å². The molecule has 0 aliphatic heterocycles. The molecule has 0 radical (unpaired) electrons. The number of hydrogen-bond donors (Lipinski definition) is 1. The van der Waals surface area contributed by atoms with Crippen molar-refractivity contribution in [2.45, 2.75) is 25.0 Å². The van der Waals surface area contributed by atoms with Crippen LogP contribution in [0.4, 0.5) is 10.1 Å². The zero-order valence-corrected chi connectivity index (χ0v) is 15.1. The maximum absolute atomic E-state index is 12.8. The van der Waals surface area contributed by atoms with Gasteiger partial charge in [-0.15, -0.1) is 10.2 Å². The first-order valence-electron chi connectivity index (χ1n) is 7.68. The van der Waals surface area contributed by atoms with Gasteiger partial charge in [-0.3, -0.25) is 9.59 Å². The highest BCUT2D eigenvalue weighted by Crippen LogP contribution is 2.19. The number of amides is 2. The lowest BCUT2D eigenvalue weighted by Gasteiger charge is -2.17. The number of nitrogens with one attached hydrogen (secondary N) is 1. The van der Waals surface area contributed by atoms with Crippen molar-refractivity contribution in [1.82, 2.24) is 19.7 Å². The van der Waals surface area contributed by atoms with E-state index in [9.17, 15) is 14.0 Å². The van der Waals surface area contributed by atoms with Crippen LogP contribution in [-0.4, -0.2) is 50.8 Å². The van der Waals surface area contributed by atoms with Crippen LogP contribution < -0.4 is 5.32 Å². The molecule has 0 aliphatic carbocycles. The molecule has 1 N–H and O–H groups in total. The van der Waals surface area contributed by atoms with Crippen LogP contribution >= 0.6 is 11.8 Å². The van der Waals surface area contributed by atoms with Gasteiger partial charge < -0.3 is 14.8 Å². The normalized spacial score (nSPS) is 10.8. The van der Waals surface area contributed by atoms with Crippen molar-refractivity contribution < 1.29 is 14.0 Å². The number of carbonyl (C=O) groups is 2. The average molecular weight is 365 g/mol. The Morgan fingerprint density at radius 1 is 1.32 bits per heavy atom. The second-order valence-corrected chi connectivity index (χ2v) is 6.65. The Morgan fingerprint density at radius 2 is 2.00 bits per heavy atom. The molecule has 25 heavy (non-hydrogen) atoms. The average Bonchev–Trinajstić information content (AvgIpc) is 3.03. The molecule has 1 aromatic heterocycles. The molecule has 2 aromatic rings. The Hall–Kier alpha value is -2.42. The van der Waals surface area contributed by atoms with Crippen LogP contribution in [0.15, 0.2) is 35.7 Å². The predicted molar refractivity (Wildman–Crippen MR) is 93.8 cm³/mol. The summed E-state index contributed by atoms with van der Waals surface area (Å²) in [6.45, 7) is 3.91. The zero-order chi connectivity index (χ0) is 18.4. The van der Waals surface area contributed by atoms with E-state index in [1.54, 1.807) is 13.4 Å². The molecule has 9 heteroatoms. The highest BCUT2D eigenvalue weighted by Gasteiger charge is 2.16. The van der Waals surface area contributed by atoms with E-state index in [0.29, 0.717) is 10.8 Å². The van der Waals surface area contributed by atoms with E-state index in [0.717, 1.165) is 0 Å². The summed E-state index contributed by atoms with van der Waals surface area (Å²) in [5.74, 6) is -0.766. The number of nitrogens with zero attached hydrogens (tertiary/aromatic N) is 4. The molecule has 134 valence electrons. The van der Waals surface area contributed by atoms with Crippen LogP contribution in [0.25, 0.3) is 0 Å². The molecule has 1 aromatic carbocycles. The Balaban J connectivity index is 1.82. The summed E-state index contributed by atoms with van der Waals surface area (Å²) >= 11 is 1.28. The van der Waals surface area contributed by atoms with Gasteiger partial charge in [0.25, 0.3) is 0 Å². The number of anilines is 1. The quantitative estimate of drug-likeness (QED) is 0.761. The molecule has 2 rings (SSSR count). The first-order valence-corrected chi connectivity index (χ1v) is 8.67. The van der Waals surface area contributed by atoms with Crippen LogP contribution in [0.2, 0.25) is 0 Å². The summed E-state index contributed by atoms with van der Waals surface area (Å²) in [4.78, 5) is 25.5. The highest BCUT2D eigenvalue weighted by atomic mass is 32.2. The first kappa shape index (κ1) is 18.9. The van der Waals surface area contributed by atoms with Gasteiger partial charge in [-0.25, -0.2) is 4.39 Å². The molecule has 0 saturated carbocycles. The highest BCUT2D eigenvalue weighted by molar-refractivity contribution is 7.99. The monoisotopic (exact) mass is 365 g/mol. The molecular formula is C16H20FN5O2S. The van der Waals surface area contributed by atoms with Gasteiger partial charge in [0.2, 0.25) is 11.8 Å². The van der Waals surface area contributed by atoms with Gasteiger partial charge in [0.05, 0.1) is 12.3 Å². The summed E-state index contributed by atoms with van der Waals surface area (Å²) in [6, 6.07) is 5.64. The fraction of sp³-hybridized carbons (Fsp3) is 0.375. The maximum Gasteiger partial charge on any atom is 0.243 e. The summed E-state index contributed by atoms with van der Waals surface area (Å²) < 4.78 is 14.7. The molecule has 0 bridgehead atoms. The summed E-state index contributed by atoms with van der Waals surface area (Å²) in [6.07, 6.45) is 1.62. The fourth-order valence-corrected chi connectivity index (χ4v) is 2.95. The van der Waals surface area contributed by atoms with Gasteiger partial charge in [-0.1, -0.05) is 11.8 Å². The Morgan fingerprint density at radius 3 is 2.64 bits per heavy atom. The van der Waals surface area contributed by atoms with Gasteiger partial charge in [0.1, 0.15) is 12.1 Å². The second kappa shape index (κ2) is 8.61. The fourth-order valence-electron chi connectivity index (χ4n) is 1.96. The molecule has 2 amide bonds. The SMILES string of the molecule is CC(C)n1cnnc1SCC(=O)N(C)CC(=O)Nc1ccc(F)cc1. The van der Waals surface area contributed by atoms with Crippen LogP contribution in [0.3, 0.4) is 0 Å². The van der Waals surface area contributed by atoms with E-state index in [-0.39, 0.29) is 36.0 Å². The van der Waals surface area contributed by atoms with E-state index in [2.05, 4.69) is 15.5 Å². The number of aromatic nitrogens is 3. The second-order valence-electron chi connectivity index (χ2n) is 5.71. The minimum atomic E-state index is -0.378. The lowest BCUT2D eigenvalue weighted by molar-refractivity contribution is -0.131. The topological polar surface area (TPSA) is 80.1 Å². The maximum atomic E-state index is 12.8. The van der Waals surface area contributed by atoms with Gasteiger partial charge in [0.15, 0.2) is 5.16 Å². The van der Waals surface area contributed by atoms with Crippen molar-refractivity contribution in [1.29, 1.82) is 0 Å². The molecule has 0 unspecified atom stereocenters. The number of benzene rings is 1. The van der Waals surface area contributed by atoms with Crippen molar-refractivity contribution in [2.75, 3.05) is 24.7 Å². The molecule has 0 fully saturated rings. The van der Waals surface area contributed by atoms with Gasteiger partial charge in [-0.05, 0) is 38.1 Å². The number of carbonyl (C=O) groups excluding carboxylic acids is 2. The number of likely N-dealkylation sites (N-methyl/N-ethyl adjacent to an activating group) is 1. The Bertz CT molecular complexity index is 732. The predicted octanol–water partition coefficient (Wildman–Crippen LogP) is 2.19. The third-order valence-corrected chi connectivity index (χ3v) is 4.30. The third-order valence-electron chi connectivity index (χ3n) is 3.36. The first-order chi connectivity index (χ1) is 11.9. The number of halogens is 1. The largest absolute Gasteiger partial charge is 0.336 e. The minimum absolute atomic E-state index is 0.0896. The van der Waals surface area contributed by atoms with E-state index in [4.69, 9.17) is 0 Å². The molecule has 0 aliphatic rings. The third kappa shape index (κ3) is 5.56. The molecular weight excluding hydrogens is 345 g/mol. The van der Waals surface area contributed by atoms with Crippen LogP contribution in [-0.2, 0) is 9.59 Å². The molecule has 0 spiro atoms. The van der Waals surface area contributed by atoms with E-state index >= 15 is 0 Å². The Labute approximate surface area is 149 Å². The number of rotatable bonds is 7. The Kier molecular flexibility index (Phi) is 6.51. The molecule has 0 atom stereocenters. The van der Waals surface area contributed by atoms with Crippen molar-refractivity contribution in [3.63, 3.8) is 0 Å². The van der Waals surface area contributed by atoms with Gasteiger partial charge in [0, 0.05) is 18.8 Å². The standard InChI is InChI=1S/C16H20FN5O2S/c1-11(2)22-10-18-20-16(22)25-9-15(24)21(3)8-14(23)19-13-6-4-12(17)5-7-13/h4-7,10-11H,8-9H2,1-3H3,(H,19,23). The zero-order valence-electron chi connectivity index (χ0n) is 14.3. The summed E-state index contributed by atoms with van der Waals surface area (Å²) in [7, 11) is 1.56. The number of thioether (sulfide) groups is 1. The van der Waals surface area contributed by atoms with Crippen LogP contribution in [0.1, 0.15) is 19.9 Å². The lowest BCUT2D eigenvalue weighted by Crippen LogP contribution is -2.36. The summed E-state index contributed by atoms with van der Waals surface area (Å²) in [5, 5.41) is 11.1. The van der Waals surface area contributed by atoms with E-state index in [1.807, 2.05) is 18.4 Å². The van der Waals surface area contributed by atoms with E-state index < -0.39 is 0 Å².